The summed E-state index contributed by atoms with van der Waals surface area (Å²) in [5.41, 5.74) is 4.11. The molecule has 0 amide bonds. The summed E-state index contributed by atoms with van der Waals surface area (Å²) in [4.78, 5) is 0. The molecular formula is C34H44O. The van der Waals surface area contributed by atoms with Crippen LogP contribution in [0.4, 0.5) is 0 Å². The molecule has 0 radical (unpaired) electrons. The smallest absolute Gasteiger partial charge is 0.119 e. The van der Waals surface area contributed by atoms with Crippen LogP contribution in [0.1, 0.15) is 113 Å². The van der Waals surface area contributed by atoms with Crippen molar-refractivity contribution in [2.24, 2.45) is 11.8 Å². The molecule has 0 spiro atoms. The summed E-state index contributed by atoms with van der Waals surface area (Å²) >= 11 is 0. The highest BCUT2D eigenvalue weighted by Gasteiger charge is 2.22. The van der Waals surface area contributed by atoms with E-state index in [9.17, 15) is 0 Å². The van der Waals surface area contributed by atoms with Crippen molar-refractivity contribution in [3.63, 3.8) is 0 Å². The summed E-state index contributed by atoms with van der Waals surface area (Å²) in [6.45, 7) is 5.26. The number of hydrogen-bond donors (Lipinski definition) is 0. The van der Waals surface area contributed by atoms with E-state index in [0.29, 0.717) is 11.8 Å². The van der Waals surface area contributed by atoms with Gasteiger partial charge in [0.15, 0.2) is 0 Å². The van der Waals surface area contributed by atoms with Gasteiger partial charge in [-0.25, -0.2) is 0 Å². The molecule has 2 aromatic rings. The number of rotatable bonds is 8. The third-order valence-corrected chi connectivity index (χ3v) is 8.19. The van der Waals surface area contributed by atoms with Gasteiger partial charge in [0.2, 0.25) is 0 Å². The highest BCUT2D eigenvalue weighted by Crippen LogP contribution is 2.38. The SMILES string of the molecule is CCCOc1ccc([C@H]2CC[C@H](C=CC#Cc3ccc([C@H]4CC[C@H](CCC)CC4)cc3)CC2)cc1. The van der Waals surface area contributed by atoms with Crippen molar-refractivity contribution < 1.29 is 4.74 Å². The van der Waals surface area contributed by atoms with Gasteiger partial charge in [0.25, 0.3) is 0 Å². The van der Waals surface area contributed by atoms with E-state index in [2.05, 4.69) is 86.4 Å². The first-order valence-corrected chi connectivity index (χ1v) is 14.3. The van der Waals surface area contributed by atoms with Gasteiger partial charge in [-0.2, -0.15) is 0 Å². The highest BCUT2D eigenvalue weighted by molar-refractivity contribution is 5.39. The second-order valence-electron chi connectivity index (χ2n) is 10.8. The maximum atomic E-state index is 5.72. The minimum Gasteiger partial charge on any atom is -0.494 e. The lowest BCUT2D eigenvalue weighted by Crippen LogP contribution is -2.13. The Bertz CT molecular complexity index is 956. The Hall–Kier alpha value is -2.46. The summed E-state index contributed by atoms with van der Waals surface area (Å²) in [5, 5.41) is 0. The number of benzene rings is 2. The zero-order valence-corrected chi connectivity index (χ0v) is 22.0. The Labute approximate surface area is 214 Å². The van der Waals surface area contributed by atoms with Gasteiger partial charge in [-0.3, -0.25) is 0 Å². The maximum absolute atomic E-state index is 5.72. The lowest BCUT2D eigenvalue weighted by molar-refractivity contribution is 0.308. The van der Waals surface area contributed by atoms with E-state index in [1.165, 1.54) is 75.3 Å². The molecule has 1 heteroatoms. The lowest BCUT2D eigenvalue weighted by Gasteiger charge is -2.28. The molecule has 35 heavy (non-hydrogen) atoms. The molecule has 0 N–H and O–H groups in total. The van der Waals surface area contributed by atoms with Crippen molar-refractivity contribution in [2.75, 3.05) is 6.61 Å². The fourth-order valence-corrected chi connectivity index (χ4v) is 6.04. The Kier molecular flexibility index (Phi) is 9.94. The molecule has 1 nitrogen and oxygen atoms in total. The quantitative estimate of drug-likeness (QED) is 0.351. The summed E-state index contributed by atoms with van der Waals surface area (Å²) in [6, 6.07) is 17.9. The van der Waals surface area contributed by atoms with E-state index in [0.717, 1.165) is 36.2 Å². The minimum absolute atomic E-state index is 0.665. The topological polar surface area (TPSA) is 9.23 Å². The Morgan fingerprint density at radius 2 is 1.34 bits per heavy atom. The number of allylic oxidation sites excluding steroid dienone is 2. The van der Waals surface area contributed by atoms with Crippen molar-refractivity contribution in [1.29, 1.82) is 0 Å². The van der Waals surface area contributed by atoms with Gasteiger partial charge in [-0.15, -0.1) is 0 Å². The van der Waals surface area contributed by atoms with Gasteiger partial charge in [0.05, 0.1) is 6.61 Å². The fraction of sp³-hybridized carbons (Fsp3) is 0.529. The van der Waals surface area contributed by atoms with Crippen LogP contribution in [-0.4, -0.2) is 6.61 Å². The monoisotopic (exact) mass is 468 g/mol. The van der Waals surface area contributed by atoms with Crippen LogP contribution in [-0.2, 0) is 0 Å². The van der Waals surface area contributed by atoms with Crippen LogP contribution in [0.3, 0.4) is 0 Å². The Morgan fingerprint density at radius 1 is 0.743 bits per heavy atom. The summed E-state index contributed by atoms with van der Waals surface area (Å²) in [7, 11) is 0. The molecule has 186 valence electrons. The van der Waals surface area contributed by atoms with Gasteiger partial charge in [0, 0.05) is 5.56 Å². The van der Waals surface area contributed by atoms with E-state index in [4.69, 9.17) is 4.74 Å². The van der Waals surface area contributed by atoms with Gasteiger partial charge in [-0.1, -0.05) is 68.9 Å². The Balaban J connectivity index is 1.20. The third kappa shape index (κ3) is 7.76. The third-order valence-electron chi connectivity index (χ3n) is 8.19. The highest BCUT2D eigenvalue weighted by atomic mass is 16.5. The van der Waals surface area contributed by atoms with Gasteiger partial charge in [0.1, 0.15) is 5.75 Å². The van der Waals surface area contributed by atoms with Crippen LogP contribution < -0.4 is 4.74 Å². The minimum atomic E-state index is 0.665. The average molecular weight is 469 g/mol. The van der Waals surface area contributed by atoms with Crippen molar-refractivity contribution in [3.05, 3.63) is 77.4 Å². The summed E-state index contributed by atoms with van der Waals surface area (Å²) in [5.74, 6) is 10.7. The predicted octanol–water partition coefficient (Wildman–Crippen LogP) is 9.43. The van der Waals surface area contributed by atoms with Crippen LogP contribution in [0, 0.1) is 23.7 Å². The van der Waals surface area contributed by atoms with Gasteiger partial charge in [-0.05, 0) is 123 Å². The molecule has 0 saturated heterocycles. The van der Waals surface area contributed by atoms with Crippen molar-refractivity contribution in [1.82, 2.24) is 0 Å². The molecule has 2 aromatic carbocycles. The van der Waals surface area contributed by atoms with Crippen molar-refractivity contribution in [2.45, 2.75) is 96.3 Å². The average Bonchev–Trinajstić information content (AvgIpc) is 2.92. The lowest BCUT2D eigenvalue weighted by atomic mass is 9.77. The second kappa shape index (κ2) is 13.6. The van der Waals surface area contributed by atoms with E-state index in [1.54, 1.807) is 0 Å². The van der Waals surface area contributed by atoms with Crippen LogP contribution in [0.25, 0.3) is 0 Å². The summed E-state index contributed by atoms with van der Waals surface area (Å²) in [6.07, 6.45) is 18.8. The molecular weight excluding hydrogens is 424 g/mol. The molecule has 0 unspecified atom stereocenters. The maximum Gasteiger partial charge on any atom is 0.119 e. The molecule has 0 aromatic heterocycles. The molecule has 2 saturated carbocycles. The second-order valence-corrected chi connectivity index (χ2v) is 10.8. The summed E-state index contributed by atoms with van der Waals surface area (Å²) < 4.78 is 5.72. The fourth-order valence-electron chi connectivity index (χ4n) is 6.04. The van der Waals surface area contributed by atoms with Crippen LogP contribution in [0.15, 0.2) is 60.7 Å². The molecule has 0 heterocycles. The van der Waals surface area contributed by atoms with Crippen LogP contribution >= 0.6 is 0 Å². The van der Waals surface area contributed by atoms with E-state index < -0.39 is 0 Å². The number of hydrogen-bond acceptors (Lipinski definition) is 1. The predicted molar refractivity (Wildman–Crippen MR) is 149 cm³/mol. The molecule has 2 aliphatic rings. The van der Waals surface area contributed by atoms with Gasteiger partial charge >= 0.3 is 0 Å². The normalized spacial score (nSPS) is 24.6. The van der Waals surface area contributed by atoms with E-state index in [-0.39, 0.29) is 0 Å². The van der Waals surface area contributed by atoms with E-state index in [1.807, 2.05) is 0 Å². The van der Waals surface area contributed by atoms with Gasteiger partial charge < -0.3 is 4.74 Å². The molecule has 0 bridgehead atoms. The van der Waals surface area contributed by atoms with Crippen molar-refractivity contribution in [3.8, 4) is 17.6 Å². The molecule has 0 atom stereocenters. The first-order chi connectivity index (χ1) is 17.2. The molecule has 2 fully saturated rings. The molecule has 2 aliphatic carbocycles. The van der Waals surface area contributed by atoms with Crippen LogP contribution in [0.2, 0.25) is 0 Å². The molecule has 0 aliphatic heterocycles. The molecule has 4 rings (SSSR count). The van der Waals surface area contributed by atoms with Crippen LogP contribution in [0.5, 0.6) is 5.75 Å². The van der Waals surface area contributed by atoms with E-state index >= 15 is 0 Å². The number of ether oxygens (including phenoxy) is 1. The first-order valence-electron chi connectivity index (χ1n) is 14.3. The zero-order chi connectivity index (χ0) is 24.3. The van der Waals surface area contributed by atoms with Crippen molar-refractivity contribution >= 4 is 0 Å². The zero-order valence-electron chi connectivity index (χ0n) is 22.0. The first kappa shape index (κ1) is 25.6. The largest absolute Gasteiger partial charge is 0.494 e. The standard InChI is InChI=1S/C34H44O/c1-3-7-27-10-16-30(17-11-27)31-18-12-28(13-19-31)8-5-6-9-29-14-20-32(21-15-29)33-22-24-34(25-23-33)35-26-4-2/h6,9,12-13,18-19,22-25,27,29-30,32H,3-4,7,10-11,14-17,20-21,26H2,1-2H3/t27-,29-,30-,32-. The Morgan fingerprint density at radius 3 is 1.94 bits per heavy atom.